The van der Waals surface area contributed by atoms with Gasteiger partial charge in [-0.3, -0.25) is 4.98 Å². The van der Waals surface area contributed by atoms with Crippen molar-refractivity contribution in [2.75, 3.05) is 6.61 Å². The molecule has 0 saturated heterocycles. The number of aromatic nitrogens is 1. The summed E-state index contributed by atoms with van der Waals surface area (Å²) in [5.74, 6) is 0.305. The Balaban J connectivity index is 2.31. The van der Waals surface area contributed by atoms with Crippen LogP contribution in [0.2, 0.25) is 0 Å². The molecule has 0 amide bonds. The monoisotopic (exact) mass is 338 g/mol. The lowest BCUT2D eigenvalue weighted by Crippen LogP contribution is -2.15. The summed E-state index contributed by atoms with van der Waals surface area (Å²) in [6.07, 6.45) is 4.17. The van der Waals surface area contributed by atoms with Crippen molar-refractivity contribution in [2.45, 2.75) is 19.4 Å². The van der Waals surface area contributed by atoms with Crippen molar-refractivity contribution < 1.29 is 9.13 Å². The van der Waals surface area contributed by atoms with Gasteiger partial charge in [0.25, 0.3) is 0 Å². The Labute approximate surface area is 126 Å². The molecule has 3 nitrogen and oxygen atoms in total. The van der Waals surface area contributed by atoms with Gasteiger partial charge in [0.15, 0.2) is 0 Å². The fraction of sp³-hybridized carbons (Fsp3) is 0.267. The van der Waals surface area contributed by atoms with Gasteiger partial charge in [0, 0.05) is 16.2 Å². The van der Waals surface area contributed by atoms with Gasteiger partial charge in [0.05, 0.1) is 18.8 Å². The number of halogens is 2. The third kappa shape index (κ3) is 3.35. The minimum Gasteiger partial charge on any atom is -0.492 e. The highest BCUT2D eigenvalue weighted by molar-refractivity contribution is 9.10. The maximum Gasteiger partial charge on any atom is 0.137 e. The maximum absolute atomic E-state index is 13.9. The number of pyridine rings is 1. The summed E-state index contributed by atoms with van der Waals surface area (Å²) >= 11 is 3.33. The molecule has 2 rings (SSSR count). The lowest BCUT2D eigenvalue weighted by atomic mass is 10.0. The molecule has 106 valence electrons. The molecule has 0 spiro atoms. The van der Waals surface area contributed by atoms with E-state index in [1.807, 2.05) is 6.92 Å². The zero-order valence-corrected chi connectivity index (χ0v) is 12.7. The molecule has 0 saturated carbocycles. The second-order valence-electron chi connectivity index (χ2n) is 4.42. The Morgan fingerprint density at radius 3 is 2.90 bits per heavy atom. The molecule has 0 aliphatic carbocycles. The Kier molecular flexibility index (Phi) is 5.09. The average Bonchev–Trinajstić information content (AvgIpc) is 2.45. The van der Waals surface area contributed by atoms with E-state index in [1.165, 1.54) is 6.07 Å². The fourth-order valence-corrected chi connectivity index (χ4v) is 2.47. The first-order chi connectivity index (χ1) is 9.63. The Morgan fingerprint density at radius 1 is 1.40 bits per heavy atom. The molecule has 0 fully saturated rings. The van der Waals surface area contributed by atoms with Gasteiger partial charge >= 0.3 is 0 Å². The molecule has 0 aliphatic heterocycles. The van der Waals surface area contributed by atoms with Gasteiger partial charge in [-0.05, 0) is 30.2 Å². The van der Waals surface area contributed by atoms with Crippen LogP contribution in [0.25, 0.3) is 0 Å². The first kappa shape index (κ1) is 14.9. The van der Waals surface area contributed by atoms with Crippen LogP contribution in [-0.2, 0) is 0 Å². The summed E-state index contributed by atoms with van der Waals surface area (Å²) in [7, 11) is 0. The summed E-state index contributed by atoms with van der Waals surface area (Å²) in [5, 5.41) is 0. The molecule has 0 bridgehead atoms. The molecule has 0 aliphatic rings. The number of hydrogen-bond donors (Lipinski definition) is 1. The Bertz CT molecular complexity index is 572. The van der Waals surface area contributed by atoms with Gasteiger partial charge in [0.1, 0.15) is 11.6 Å². The van der Waals surface area contributed by atoms with Crippen LogP contribution in [0.5, 0.6) is 5.75 Å². The zero-order valence-electron chi connectivity index (χ0n) is 11.1. The number of rotatable bonds is 5. The molecule has 5 heteroatoms. The number of hydrogen-bond acceptors (Lipinski definition) is 3. The van der Waals surface area contributed by atoms with Crippen LogP contribution in [0.15, 0.2) is 41.1 Å². The van der Waals surface area contributed by atoms with E-state index < -0.39 is 6.04 Å². The van der Waals surface area contributed by atoms with Crippen molar-refractivity contribution in [3.8, 4) is 5.75 Å². The minimum atomic E-state index is -0.594. The van der Waals surface area contributed by atoms with Crippen LogP contribution in [0.4, 0.5) is 4.39 Å². The van der Waals surface area contributed by atoms with Gasteiger partial charge in [0.2, 0.25) is 0 Å². The number of nitrogens with zero attached hydrogens (tertiary/aromatic N) is 1. The van der Waals surface area contributed by atoms with Crippen molar-refractivity contribution in [3.05, 3.63) is 58.1 Å². The molecular weight excluding hydrogens is 323 g/mol. The molecule has 1 aromatic carbocycles. The highest BCUT2D eigenvalue weighted by Gasteiger charge is 2.17. The maximum atomic E-state index is 13.9. The molecule has 2 N–H and O–H groups in total. The number of benzene rings is 1. The first-order valence-electron chi connectivity index (χ1n) is 6.40. The smallest absolute Gasteiger partial charge is 0.137 e. The fourth-order valence-electron chi connectivity index (χ4n) is 1.88. The van der Waals surface area contributed by atoms with Crippen molar-refractivity contribution >= 4 is 15.9 Å². The van der Waals surface area contributed by atoms with Crippen LogP contribution in [0.1, 0.15) is 30.5 Å². The standard InChI is InChI=1S/C15H16BrFN2O/c1-2-6-20-11-7-10(8-19-9-11)15(18)14-12(16)4-3-5-13(14)17/h3-5,7-9,15H,2,6,18H2,1H3. The third-order valence-corrected chi connectivity index (χ3v) is 3.57. The summed E-state index contributed by atoms with van der Waals surface area (Å²) in [4.78, 5) is 4.10. The van der Waals surface area contributed by atoms with E-state index in [-0.39, 0.29) is 5.82 Å². The average molecular weight is 339 g/mol. The van der Waals surface area contributed by atoms with Crippen molar-refractivity contribution in [2.24, 2.45) is 5.73 Å². The molecule has 0 radical (unpaired) electrons. The lowest BCUT2D eigenvalue weighted by Gasteiger charge is -2.16. The summed E-state index contributed by atoms with van der Waals surface area (Å²) in [5.41, 5.74) is 7.28. The number of nitrogens with two attached hydrogens (primary N) is 1. The predicted molar refractivity (Wildman–Crippen MR) is 80.2 cm³/mol. The number of ether oxygens (including phenoxy) is 1. The normalized spacial score (nSPS) is 12.2. The Morgan fingerprint density at radius 2 is 2.20 bits per heavy atom. The molecule has 1 aromatic heterocycles. The topological polar surface area (TPSA) is 48.1 Å². The second-order valence-corrected chi connectivity index (χ2v) is 5.27. The highest BCUT2D eigenvalue weighted by Crippen LogP contribution is 2.30. The molecule has 1 unspecified atom stereocenters. The van der Waals surface area contributed by atoms with Gasteiger partial charge < -0.3 is 10.5 Å². The molecule has 1 atom stereocenters. The molecule has 2 aromatic rings. The van der Waals surface area contributed by atoms with E-state index in [9.17, 15) is 4.39 Å². The van der Waals surface area contributed by atoms with E-state index in [0.717, 1.165) is 6.42 Å². The van der Waals surface area contributed by atoms with Crippen LogP contribution < -0.4 is 10.5 Å². The van der Waals surface area contributed by atoms with E-state index in [0.29, 0.717) is 28.0 Å². The van der Waals surface area contributed by atoms with Crippen molar-refractivity contribution in [3.63, 3.8) is 0 Å². The van der Waals surface area contributed by atoms with Gasteiger partial charge in [-0.2, -0.15) is 0 Å². The van der Waals surface area contributed by atoms with E-state index in [1.54, 1.807) is 30.6 Å². The quantitative estimate of drug-likeness (QED) is 0.901. The van der Waals surface area contributed by atoms with Crippen molar-refractivity contribution in [1.29, 1.82) is 0 Å². The van der Waals surface area contributed by atoms with E-state index in [4.69, 9.17) is 10.5 Å². The lowest BCUT2D eigenvalue weighted by molar-refractivity contribution is 0.315. The summed E-state index contributed by atoms with van der Waals surface area (Å²) in [6, 6.07) is 6.00. The SMILES string of the molecule is CCCOc1cncc(C(N)c2c(F)cccc2Br)c1. The van der Waals surface area contributed by atoms with Crippen LogP contribution >= 0.6 is 15.9 Å². The van der Waals surface area contributed by atoms with Crippen LogP contribution in [0, 0.1) is 5.82 Å². The minimum absolute atomic E-state index is 0.341. The first-order valence-corrected chi connectivity index (χ1v) is 7.20. The van der Waals surface area contributed by atoms with Gasteiger partial charge in [-0.25, -0.2) is 4.39 Å². The zero-order chi connectivity index (χ0) is 14.5. The van der Waals surface area contributed by atoms with Crippen LogP contribution in [0.3, 0.4) is 0 Å². The van der Waals surface area contributed by atoms with E-state index in [2.05, 4.69) is 20.9 Å². The summed E-state index contributed by atoms with van der Waals surface area (Å²) < 4.78 is 20.1. The van der Waals surface area contributed by atoms with Crippen LogP contribution in [-0.4, -0.2) is 11.6 Å². The predicted octanol–water partition coefficient (Wildman–Crippen LogP) is 3.82. The molecule has 20 heavy (non-hydrogen) atoms. The summed E-state index contributed by atoms with van der Waals surface area (Å²) in [6.45, 7) is 2.64. The van der Waals surface area contributed by atoms with Gasteiger partial charge in [-0.1, -0.05) is 28.9 Å². The Hall–Kier alpha value is -1.46. The molecule has 1 heterocycles. The largest absolute Gasteiger partial charge is 0.492 e. The van der Waals surface area contributed by atoms with E-state index >= 15 is 0 Å². The van der Waals surface area contributed by atoms with Gasteiger partial charge in [-0.15, -0.1) is 0 Å². The second kappa shape index (κ2) is 6.81. The highest BCUT2D eigenvalue weighted by atomic mass is 79.9. The van der Waals surface area contributed by atoms with Crippen molar-refractivity contribution in [1.82, 2.24) is 4.98 Å². The third-order valence-electron chi connectivity index (χ3n) is 2.88. The molecular formula is C15H16BrFN2O.